The maximum Gasteiger partial charge on any atom is 0.337 e. The van der Waals surface area contributed by atoms with E-state index in [-0.39, 0.29) is 16.5 Å². The molecule has 6 heteroatoms. The van der Waals surface area contributed by atoms with Crippen LogP contribution in [-0.2, 0) is 4.79 Å². The molecule has 1 aliphatic rings. The third-order valence-corrected chi connectivity index (χ3v) is 4.80. The van der Waals surface area contributed by atoms with Gasteiger partial charge in [-0.3, -0.25) is 4.79 Å². The van der Waals surface area contributed by atoms with Crippen LogP contribution < -0.4 is 0 Å². The molecule has 21 heavy (non-hydrogen) atoms. The number of nitrogens with zero attached hydrogens (tertiary/aromatic N) is 1. The molecule has 1 N–H and O–H groups in total. The SMILES string of the molecule is O=C(O)c1cc(SCC(=O)N2CCCCCC2)ccc1Cl. The summed E-state index contributed by atoms with van der Waals surface area (Å²) >= 11 is 7.18. The van der Waals surface area contributed by atoms with Gasteiger partial charge in [-0.2, -0.15) is 0 Å². The van der Waals surface area contributed by atoms with E-state index in [4.69, 9.17) is 16.7 Å². The number of likely N-dealkylation sites (tertiary alicyclic amines) is 1. The number of hydrogen-bond donors (Lipinski definition) is 1. The van der Waals surface area contributed by atoms with Gasteiger partial charge < -0.3 is 10.0 Å². The van der Waals surface area contributed by atoms with Crippen molar-refractivity contribution < 1.29 is 14.7 Å². The van der Waals surface area contributed by atoms with Crippen molar-refractivity contribution in [2.24, 2.45) is 0 Å². The number of rotatable bonds is 4. The molecular formula is C15H18ClNO3S. The number of carboxylic acid groups (broad SMARTS) is 1. The quantitative estimate of drug-likeness (QED) is 0.859. The average Bonchev–Trinajstić information content (AvgIpc) is 2.75. The Morgan fingerprint density at radius 2 is 1.86 bits per heavy atom. The molecule has 1 amide bonds. The summed E-state index contributed by atoms with van der Waals surface area (Å²) in [7, 11) is 0. The number of carbonyl (C=O) groups is 2. The van der Waals surface area contributed by atoms with E-state index in [1.165, 1.54) is 30.7 Å². The van der Waals surface area contributed by atoms with Crippen LogP contribution in [0.25, 0.3) is 0 Å². The Hall–Kier alpha value is -1.20. The molecule has 114 valence electrons. The smallest absolute Gasteiger partial charge is 0.337 e. The molecule has 0 bridgehead atoms. The molecular weight excluding hydrogens is 310 g/mol. The Kier molecular flexibility index (Phi) is 5.94. The molecule has 1 fully saturated rings. The Balaban J connectivity index is 1.94. The first-order valence-corrected chi connectivity index (χ1v) is 8.37. The number of halogens is 1. The Labute approximate surface area is 133 Å². The summed E-state index contributed by atoms with van der Waals surface area (Å²) in [6.45, 7) is 1.67. The van der Waals surface area contributed by atoms with Crippen molar-refractivity contribution in [3.8, 4) is 0 Å². The molecule has 0 aromatic heterocycles. The summed E-state index contributed by atoms with van der Waals surface area (Å²) in [5.41, 5.74) is 0.0730. The highest BCUT2D eigenvalue weighted by molar-refractivity contribution is 8.00. The minimum Gasteiger partial charge on any atom is -0.478 e. The topological polar surface area (TPSA) is 57.6 Å². The lowest BCUT2D eigenvalue weighted by Crippen LogP contribution is -2.33. The third kappa shape index (κ3) is 4.64. The fourth-order valence-electron chi connectivity index (χ4n) is 2.31. The van der Waals surface area contributed by atoms with E-state index in [2.05, 4.69) is 0 Å². The highest BCUT2D eigenvalue weighted by Gasteiger charge is 2.16. The molecule has 0 aliphatic carbocycles. The van der Waals surface area contributed by atoms with Gasteiger partial charge in [-0.15, -0.1) is 11.8 Å². The van der Waals surface area contributed by atoms with Gasteiger partial charge in [0, 0.05) is 18.0 Å². The molecule has 4 nitrogen and oxygen atoms in total. The van der Waals surface area contributed by atoms with Crippen molar-refractivity contribution in [2.45, 2.75) is 30.6 Å². The second-order valence-electron chi connectivity index (χ2n) is 5.03. The summed E-state index contributed by atoms with van der Waals surface area (Å²) in [5, 5.41) is 9.25. The maximum absolute atomic E-state index is 12.2. The molecule has 2 rings (SSSR count). The van der Waals surface area contributed by atoms with Crippen LogP contribution >= 0.6 is 23.4 Å². The van der Waals surface area contributed by atoms with E-state index in [9.17, 15) is 9.59 Å². The van der Waals surface area contributed by atoms with Gasteiger partial charge in [0.1, 0.15) is 0 Å². The van der Waals surface area contributed by atoms with Crippen LogP contribution in [0.3, 0.4) is 0 Å². The average molecular weight is 328 g/mol. The third-order valence-electron chi connectivity index (χ3n) is 3.49. The Bertz CT molecular complexity index is 528. The Morgan fingerprint density at radius 3 is 2.48 bits per heavy atom. The summed E-state index contributed by atoms with van der Waals surface area (Å²) in [4.78, 5) is 25.9. The van der Waals surface area contributed by atoms with Crippen LogP contribution in [0.15, 0.2) is 23.1 Å². The molecule has 1 saturated heterocycles. The van der Waals surface area contributed by atoms with Crippen molar-refractivity contribution in [3.05, 3.63) is 28.8 Å². The van der Waals surface area contributed by atoms with Gasteiger partial charge in [-0.1, -0.05) is 24.4 Å². The fraction of sp³-hybridized carbons (Fsp3) is 0.467. The standard InChI is InChI=1S/C15H18ClNO3S/c16-13-6-5-11(9-12(13)15(19)20)21-10-14(18)17-7-3-1-2-4-8-17/h5-6,9H,1-4,7-8,10H2,(H,19,20). The number of carboxylic acids is 1. The lowest BCUT2D eigenvalue weighted by Gasteiger charge is -2.20. The number of thioether (sulfide) groups is 1. The number of amides is 1. The van der Waals surface area contributed by atoms with E-state index in [1.54, 1.807) is 12.1 Å². The first-order chi connectivity index (χ1) is 10.1. The molecule has 0 atom stereocenters. The highest BCUT2D eigenvalue weighted by Crippen LogP contribution is 2.25. The lowest BCUT2D eigenvalue weighted by molar-refractivity contribution is -0.128. The summed E-state index contributed by atoms with van der Waals surface area (Å²) < 4.78 is 0. The van der Waals surface area contributed by atoms with E-state index in [0.29, 0.717) is 5.75 Å². The molecule has 1 aliphatic heterocycles. The van der Waals surface area contributed by atoms with Gasteiger partial charge in [-0.25, -0.2) is 4.79 Å². The summed E-state index contributed by atoms with van der Waals surface area (Å²) in [6, 6.07) is 4.82. The van der Waals surface area contributed by atoms with Crippen molar-refractivity contribution in [2.75, 3.05) is 18.8 Å². The second-order valence-corrected chi connectivity index (χ2v) is 6.49. The lowest BCUT2D eigenvalue weighted by atomic mass is 10.2. The molecule has 0 unspecified atom stereocenters. The predicted molar refractivity (Wildman–Crippen MR) is 84.2 cm³/mol. The molecule has 1 aromatic carbocycles. The monoisotopic (exact) mass is 327 g/mol. The van der Waals surface area contributed by atoms with Crippen molar-refractivity contribution >= 4 is 35.2 Å². The van der Waals surface area contributed by atoms with Crippen LogP contribution in [0.4, 0.5) is 0 Å². The minimum absolute atomic E-state index is 0.0730. The molecule has 0 radical (unpaired) electrons. The van der Waals surface area contributed by atoms with E-state index < -0.39 is 5.97 Å². The zero-order chi connectivity index (χ0) is 15.2. The van der Waals surface area contributed by atoms with E-state index in [0.717, 1.165) is 30.8 Å². The van der Waals surface area contributed by atoms with Gasteiger partial charge in [-0.05, 0) is 31.0 Å². The number of carbonyl (C=O) groups excluding carboxylic acids is 1. The van der Waals surface area contributed by atoms with Crippen LogP contribution in [0.5, 0.6) is 0 Å². The van der Waals surface area contributed by atoms with Crippen LogP contribution in [0, 0.1) is 0 Å². The molecule has 1 heterocycles. The zero-order valence-corrected chi connectivity index (χ0v) is 13.3. The van der Waals surface area contributed by atoms with Gasteiger partial charge >= 0.3 is 5.97 Å². The highest BCUT2D eigenvalue weighted by atomic mass is 35.5. The molecule has 0 saturated carbocycles. The number of aromatic carboxylic acids is 1. The molecule has 1 aromatic rings. The zero-order valence-electron chi connectivity index (χ0n) is 11.7. The minimum atomic E-state index is -1.05. The van der Waals surface area contributed by atoms with Crippen LogP contribution in [0.1, 0.15) is 36.0 Å². The second kappa shape index (κ2) is 7.71. The van der Waals surface area contributed by atoms with Crippen LogP contribution in [-0.4, -0.2) is 40.7 Å². The first kappa shape index (κ1) is 16.2. The predicted octanol–water partition coefficient (Wildman–Crippen LogP) is 3.53. The Morgan fingerprint density at radius 1 is 1.19 bits per heavy atom. The van der Waals surface area contributed by atoms with Crippen molar-refractivity contribution in [1.82, 2.24) is 4.90 Å². The van der Waals surface area contributed by atoms with Gasteiger partial charge in [0.15, 0.2) is 0 Å². The summed E-state index contributed by atoms with van der Waals surface area (Å²) in [5.74, 6) is -0.601. The number of benzene rings is 1. The van der Waals surface area contributed by atoms with Gasteiger partial charge in [0.25, 0.3) is 0 Å². The normalized spacial score (nSPS) is 15.6. The number of hydrogen-bond acceptors (Lipinski definition) is 3. The van der Waals surface area contributed by atoms with Crippen molar-refractivity contribution in [3.63, 3.8) is 0 Å². The van der Waals surface area contributed by atoms with E-state index >= 15 is 0 Å². The van der Waals surface area contributed by atoms with Gasteiger partial charge in [0.05, 0.1) is 16.3 Å². The molecule has 0 spiro atoms. The first-order valence-electron chi connectivity index (χ1n) is 7.01. The van der Waals surface area contributed by atoms with Gasteiger partial charge in [0.2, 0.25) is 5.91 Å². The van der Waals surface area contributed by atoms with E-state index in [1.807, 2.05) is 4.90 Å². The fourth-order valence-corrected chi connectivity index (χ4v) is 3.35. The van der Waals surface area contributed by atoms with Crippen LogP contribution in [0.2, 0.25) is 5.02 Å². The summed E-state index contributed by atoms with van der Waals surface area (Å²) in [6.07, 6.45) is 4.52. The maximum atomic E-state index is 12.2. The largest absolute Gasteiger partial charge is 0.478 e. The van der Waals surface area contributed by atoms with Crippen molar-refractivity contribution in [1.29, 1.82) is 0 Å².